The first-order valence-electron chi connectivity index (χ1n) is 6.01. The number of para-hydroxylation sites is 3. The molecule has 0 fully saturated rings. The Bertz CT molecular complexity index is 541. The Morgan fingerprint density at radius 2 is 1.74 bits per heavy atom. The summed E-state index contributed by atoms with van der Waals surface area (Å²) in [5, 5.41) is 5.85. The zero-order valence-electron chi connectivity index (χ0n) is 10.7. The van der Waals surface area contributed by atoms with Crippen molar-refractivity contribution in [1.29, 1.82) is 0 Å². The number of ether oxygens (including phenoxy) is 1. The molecule has 19 heavy (non-hydrogen) atoms. The number of carbonyl (C=O) groups is 1. The molecule has 0 spiro atoms. The van der Waals surface area contributed by atoms with E-state index in [4.69, 9.17) is 4.74 Å². The Hall–Kier alpha value is -2.49. The van der Waals surface area contributed by atoms with Crippen LogP contribution >= 0.6 is 0 Å². The van der Waals surface area contributed by atoms with Gasteiger partial charge in [0.15, 0.2) is 0 Å². The lowest BCUT2D eigenvalue weighted by Crippen LogP contribution is -2.21. The van der Waals surface area contributed by atoms with E-state index in [9.17, 15) is 4.79 Å². The molecule has 0 radical (unpaired) electrons. The zero-order chi connectivity index (χ0) is 13.5. The van der Waals surface area contributed by atoms with E-state index >= 15 is 0 Å². The fourth-order valence-corrected chi connectivity index (χ4v) is 1.68. The van der Waals surface area contributed by atoms with Crippen molar-refractivity contribution >= 4 is 17.3 Å². The van der Waals surface area contributed by atoms with E-state index in [0.717, 1.165) is 5.69 Å². The van der Waals surface area contributed by atoms with Gasteiger partial charge in [-0.15, -0.1) is 0 Å². The second-order valence-electron chi connectivity index (χ2n) is 3.97. The van der Waals surface area contributed by atoms with Crippen LogP contribution in [0.3, 0.4) is 0 Å². The third kappa shape index (κ3) is 3.74. The summed E-state index contributed by atoms with van der Waals surface area (Å²) in [6.07, 6.45) is 0. The Morgan fingerprint density at radius 3 is 2.47 bits per heavy atom. The van der Waals surface area contributed by atoms with E-state index in [2.05, 4.69) is 10.6 Å². The maximum absolute atomic E-state index is 11.8. The molecule has 2 rings (SSSR count). The molecule has 4 nitrogen and oxygen atoms in total. The minimum Gasteiger partial charge on any atom is -0.495 e. The van der Waals surface area contributed by atoms with Crippen molar-refractivity contribution in [3.8, 4) is 5.75 Å². The van der Waals surface area contributed by atoms with Crippen LogP contribution in [0.15, 0.2) is 54.6 Å². The minimum absolute atomic E-state index is 0.117. The van der Waals surface area contributed by atoms with E-state index < -0.39 is 0 Å². The number of hydrogen-bond acceptors (Lipinski definition) is 3. The van der Waals surface area contributed by atoms with Gasteiger partial charge < -0.3 is 15.4 Å². The summed E-state index contributed by atoms with van der Waals surface area (Å²) in [5.74, 6) is 0.531. The van der Waals surface area contributed by atoms with E-state index in [1.807, 2.05) is 42.5 Å². The standard InChI is InChI=1S/C15H16N2O2/c1-19-14-10-6-5-9-13(14)17-15(18)11-16-12-7-3-2-4-8-12/h2-10,16H,11H2,1H3,(H,17,18). The minimum atomic E-state index is -0.117. The van der Waals surface area contributed by atoms with E-state index in [1.54, 1.807) is 19.2 Å². The maximum atomic E-state index is 11.8. The number of carbonyl (C=O) groups excluding carboxylic acids is 1. The summed E-state index contributed by atoms with van der Waals surface area (Å²) in [6, 6.07) is 16.9. The molecule has 0 atom stereocenters. The smallest absolute Gasteiger partial charge is 0.243 e. The lowest BCUT2D eigenvalue weighted by molar-refractivity contribution is -0.114. The fraction of sp³-hybridized carbons (Fsp3) is 0.133. The van der Waals surface area contributed by atoms with Crippen LogP contribution in [-0.4, -0.2) is 19.6 Å². The van der Waals surface area contributed by atoms with Crippen molar-refractivity contribution in [2.45, 2.75) is 0 Å². The second-order valence-corrected chi connectivity index (χ2v) is 3.97. The van der Waals surface area contributed by atoms with Crippen molar-refractivity contribution in [2.24, 2.45) is 0 Å². The molecule has 2 N–H and O–H groups in total. The van der Waals surface area contributed by atoms with Gasteiger partial charge in [0.25, 0.3) is 0 Å². The first kappa shape index (κ1) is 13.0. The monoisotopic (exact) mass is 256 g/mol. The molecule has 0 unspecified atom stereocenters. The first-order valence-corrected chi connectivity index (χ1v) is 6.01. The molecule has 1 amide bonds. The SMILES string of the molecule is COc1ccccc1NC(=O)CNc1ccccc1. The zero-order valence-corrected chi connectivity index (χ0v) is 10.7. The quantitative estimate of drug-likeness (QED) is 0.864. The lowest BCUT2D eigenvalue weighted by Gasteiger charge is -2.10. The normalized spacial score (nSPS) is 9.74. The van der Waals surface area contributed by atoms with E-state index in [0.29, 0.717) is 11.4 Å². The van der Waals surface area contributed by atoms with Gasteiger partial charge in [0, 0.05) is 5.69 Å². The summed E-state index contributed by atoms with van der Waals surface area (Å²) in [7, 11) is 1.58. The largest absolute Gasteiger partial charge is 0.495 e. The van der Waals surface area contributed by atoms with Gasteiger partial charge in [0.05, 0.1) is 19.3 Å². The van der Waals surface area contributed by atoms with Crippen LogP contribution in [0, 0.1) is 0 Å². The molecule has 0 saturated carbocycles. The van der Waals surface area contributed by atoms with Crippen molar-refractivity contribution in [2.75, 3.05) is 24.3 Å². The summed E-state index contributed by atoms with van der Waals surface area (Å²) in [5.41, 5.74) is 1.59. The summed E-state index contributed by atoms with van der Waals surface area (Å²) in [6.45, 7) is 0.210. The van der Waals surface area contributed by atoms with Crippen molar-refractivity contribution in [1.82, 2.24) is 0 Å². The van der Waals surface area contributed by atoms with Crippen LogP contribution in [0.25, 0.3) is 0 Å². The molecule has 0 bridgehead atoms. The van der Waals surface area contributed by atoms with Gasteiger partial charge >= 0.3 is 0 Å². The summed E-state index contributed by atoms with van der Waals surface area (Å²) >= 11 is 0. The van der Waals surface area contributed by atoms with Gasteiger partial charge in [-0.05, 0) is 24.3 Å². The fourth-order valence-electron chi connectivity index (χ4n) is 1.68. The highest BCUT2D eigenvalue weighted by Crippen LogP contribution is 2.22. The van der Waals surface area contributed by atoms with Crippen LogP contribution in [0.1, 0.15) is 0 Å². The predicted molar refractivity (Wildman–Crippen MR) is 76.6 cm³/mol. The molecule has 0 aliphatic carbocycles. The Morgan fingerprint density at radius 1 is 1.05 bits per heavy atom. The van der Waals surface area contributed by atoms with E-state index in [-0.39, 0.29) is 12.5 Å². The van der Waals surface area contributed by atoms with E-state index in [1.165, 1.54) is 0 Å². The molecule has 98 valence electrons. The average molecular weight is 256 g/mol. The molecule has 0 aromatic heterocycles. The number of methoxy groups -OCH3 is 1. The van der Waals surface area contributed by atoms with Gasteiger partial charge in [0.1, 0.15) is 5.75 Å². The van der Waals surface area contributed by atoms with Crippen LogP contribution in [0.5, 0.6) is 5.75 Å². The van der Waals surface area contributed by atoms with Gasteiger partial charge in [0.2, 0.25) is 5.91 Å². The number of benzene rings is 2. The van der Waals surface area contributed by atoms with Crippen LogP contribution < -0.4 is 15.4 Å². The molecular formula is C15H16N2O2. The van der Waals surface area contributed by atoms with Crippen molar-refractivity contribution < 1.29 is 9.53 Å². The molecule has 0 aliphatic rings. The van der Waals surface area contributed by atoms with Gasteiger partial charge in [-0.1, -0.05) is 30.3 Å². The van der Waals surface area contributed by atoms with Crippen LogP contribution in [0.4, 0.5) is 11.4 Å². The highest BCUT2D eigenvalue weighted by molar-refractivity contribution is 5.95. The number of anilines is 2. The molecular weight excluding hydrogens is 240 g/mol. The topological polar surface area (TPSA) is 50.4 Å². The van der Waals surface area contributed by atoms with Crippen molar-refractivity contribution in [3.05, 3.63) is 54.6 Å². The summed E-state index contributed by atoms with van der Waals surface area (Å²) in [4.78, 5) is 11.8. The van der Waals surface area contributed by atoms with Crippen molar-refractivity contribution in [3.63, 3.8) is 0 Å². The average Bonchev–Trinajstić information content (AvgIpc) is 2.47. The van der Waals surface area contributed by atoms with Gasteiger partial charge in [-0.3, -0.25) is 4.79 Å². The van der Waals surface area contributed by atoms with Crippen LogP contribution in [-0.2, 0) is 4.79 Å². The molecule has 0 aliphatic heterocycles. The highest BCUT2D eigenvalue weighted by Gasteiger charge is 2.06. The van der Waals surface area contributed by atoms with Gasteiger partial charge in [-0.25, -0.2) is 0 Å². The Balaban J connectivity index is 1.91. The molecule has 0 heterocycles. The number of amides is 1. The Labute approximate surface area is 112 Å². The number of hydrogen-bond donors (Lipinski definition) is 2. The maximum Gasteiger partial charge on any atom is 0.243 e. The third-order valence-corrected chi connectivity index (χ3v) is 2.61. The highest BCUT2D eigenvalue weighted by atomic mass is 16.5. The predicted octanol–water partition coefficient (Wildman–Crippen LogP) is 2.75. The molecule has 2 aromatic rings. The number of nitrogens with one attached hydrogen (secondary N) is 2. The summed E-state index contributed by atoms with van der Waals surface area (Å²) < 4.78 is 5.17. The molecule has 2 aromatic carbocycles. The second kappa shape index (κ2) is 6.44. The number of rotatable bonds is 5. The third-order valence-electron chi connectivity index (χ3n) is 2.61. The Kier molecular flexibility index (Phi) is 4.39. The molecule has 4 heteroatoms. The lowest BCUT2D eigenvalue weighted by atomic mass is 10.3. The molecule has 0 saturated heterocycles. The van der Waals surface area contributed by atoms with Gasteiger partial charge in [-0.2, -0.15) is 0 Å². The van der Waals surface area contributed by atoms with Crippen LogP contribution in [0.2, 0.25) is 0 Å². The first-order chi connectivity index (χ1) is 9.29.